The van der Waals surface area contributed by atoms with Crippen LogP contribution in [0.4, 0.5) is 4.79 Å². The zero-order chi connectivity index (χ0) is 16.4. The number of hydrogen-bond acceptors (Lipinski definition) is 4. The molecule has 1 aliphatic rings. The Morgan fingerprint density at radius 1 is 1.24 bits per heavy atom. The third kappa shape index (κ3) is 5.53. The summed E-state index contributed by atoms with van der Waals surface area (Å²) < 4.78 is 5.23. The summed E-state index contributed by atoms with van der Waals surface area (Å²) >= 11 is 0. The van der Waals surface area contributed by atoms with Crippen molar-refractivity contribution in [1.82, 2.24) is 10.2 Å². The largest absolute Gasteiger partial charge is 0.444 e. The number of likely N-dealkylation sites (tertiary alicyclic amines) is 1. The van der Waals surface area contributed by atoms with Crippen molar-refractivity contribution in [2.75, 3.05) is 13.1 Å². The molecule has 1 aliphatic heterocycles. The van der Waals surface area contributed by atoms with Gasteiger partial charge in [-0.25, -0.2) is 4.79 Å². The SMILES string of the molecule is CC(C)(C)OC(=O)N[C@H](C(=O)N1CC[C@H](O)C1)C(C)(C)C. The summed E-state index contributed by atoms with van der Waals surface area (Å²) in [5.41, 5.74) is -1.05. The number of aliphatic hydroxyl groups is 1. The van der Waals surface area contributed by atoms with Crippen LogP contribution in [0.5, 0.6) is 0 Å². The first-order valence-electron chi connectivity index (χ1n) is 7.36. The van der Waals surface area contributed by atoms with Gasteiger partial charge in [-0.3, -0.25) is 4.79 Å². The number of alkyl carbamates (subject to hydrolysis) is 1. The zero-order valence-corrected chi connectivity index (χ0v) is 13.9. The van der Waals surface area contributed by atoms with Crippen molar-refractivity contribution in [3.05, 3.63) is 0 Å². The first kappa shape index (κ1) is 17.8. The van der Waals surface area contributed by atoms with Gasteiger partial charge in [0.2, 0.25) is 5.91 Å². The Morgan fingerprint density at radius 2 is 1.81 bits per heavy atom. The van der Waals surface area contributed by atoms with Crippen LogP contribution in [0.1, 0.15) is 48.0 Å². The van der Waals surface area contributed by atoms with Crippen molar-refractivity contribution in [1.29, 1.82) is 0 Å². The van der Waals surface area contributed by atoms with E-state index in [-0.39, 0.29) is 5.91 Å². The van der Waals surface area contributed by atoms with Crippen LogP contribution in [0.25, 0.3) is 0 Å². The van der Waals surface area contributed by atoms with Crippen LogP contribution in [-0.4, -0.2) is 52.8 Å². The van der Waals surface area contributed by atoms with E-state index in [1.807, 2.05) is 20.8 Å². The molecule has 2 N–H and O–H groups in total. The van der Waals surface area contributed by atoms with Gasteiger partial charge in [0.15, 0.2) is 0 Å². The molecule has 0 unspecified atom stereocenters. The monoisotopic (exact) mass is 300 g/mol. The molecule has 0 aromatic heterocycles. The first-order valence-corrected chi connectivity index (χ1v) is 7.36. The van der Waals surface area contributed by atoms with E-state index in [0.717, 1.165) is 0 Å². The maximum absolute atomic E-state index is 12.6. The number of nitrogens with one attached hydrogen (secondary N) is 1. The Balaban J connectivity index is 2.77. The topological polar surface area (TPSA) is 78.9 Å². The van der Waals surface area contributed by atoms with Crippen LogP contribution in [0.3, 0.4) is 0 Å². The van der Waals surface area contributed by atoms with Gasteiger partial charge in [-0.05, 0) is 32.6 Å². The van der Waals surface area contributed by atoms with Gasteiger partial charge in [0, 0.05) is 13.1 Å². The minimum Gasteiger partial charge on any atom is -0.444 e. The highest BCUT2D eigenvalue weighted by Gasteiger charge is 2.38. The van der Waals surface area contributed by atoms with E-state index >= 15 is 0 Å². The average molecular weight is 300 g/mol. The smallest absolute Gasteiger partial charge is 0.408 e. The van der Waals surface area contributed by atoms with E-state index in [0.29, 0.717) is 19.5 Å². The number of carbonyl (C=O) groups is 2. The molecule has 122 valence electrons. The fraction of sp³-hybridized carbons (Fsp3) is 0.867. The molecule has 0 aliphatic carbocycles. The lowest BCUT2D eigenvalue weighted by Gasteiger charge is -2.34. The summed E-state index contributed by atoms with van der Waals surface area (Å²) in [6, 6.07) is -0.683. The van der Waals surface area contributed by atoms with Crippen molar-refractivity contribution in [2.24, 2.45) is 5.41 Å². The lowest BCUT2D eigenvalue weighted by Crippen LogP contribution is -2.55. The molecule has 1 heterocycles. The highest BCUT2D eigenvalue weighted by molar-refractivity contribution is 5.86. The number of amides is 2. The second kappa shape index (κ2) is 6.22. The van der Waals surface area contributed by atoms with Crippen molar-refractivity contribution < 1.29 is 19.4 Å². The fourth-order valence-electron chi connectivity index (χ4n) is 2.20. The molecule has 2 amide bonds. The van der Waals surface area contributed by atoms with E-state index in [1.165, 1.54) is 0 Å². The van der Waals surface area contributed by atoms with Crippen molar-refractivity contribution >= 4 is 12.0 Å². The molecule has 6 heteroatoms. The number of nitrogens with zero attached hydrogens (tertiary/aromatic N) is 1. The number of hydrogen-bond donors (Lipinski definition) is 2. The second-order valence-corrected chi connectivity index (χ2v) is 7.67. The number of aliphatic hydroxyl groups excluding tert-OH is 1. The van der Waals surface area contributed by atoms with E-state index < -0.39 is 29.3 Å². The molecule has 1 fully saturated rings. The molecule has 0 bridgehead atoms. The first-order chi connectivity index (χ1) is 9.40. The van der Waals surface area contributed by atoms with Crippen molar-refractivity contribution in [3.8, 4) is 0 Å². The van der Waals surface area contributed by atoms with Crippen LogP contribution in [-0.2, 0) is 9.53 Å². The average Bonchev–Trinajstić information content (AvgIpc) is 2.68. The fourth-order valence-corrected chi connectivity index (χ4v) is 2.20. The van der Waals surface area contributed by atoms with Gasteiger partial charge >= 0.3 is 6.09 Å². The van der Waals surface area contributed by atoms with Crippen LogP contribution in [0, 0.1) is 5.41 Å². The van der Waals surface area contributed by atoms with Gasteiger partial charge in [-0.2, -0.15) is 0 Å². The summed E-state index contributed by atoms with van der Waals surface area (Å²) in [6.07, 6.45) is -0.499. The number of ether oxygens (including phenoxy) is 1. The van der Waals surface area contributed by atoms with Crippen LogP contribution in [0.2, 0.25) is 0 Å². The Labute approximate surface area is 126 Å². The highest BCUT2D eigenvalue weighted by Crippen LogP contribution is 2.23. The summed E-state index contributed by atoms with van der Waals surface area (Å²) in [5, 5.41) is 12.2. The Kier molecular flexibility index (Phi) is 5.25. The third-order valence-electron chi connectivity index (χ3n) is 3.25. The van der Waals surface area contributed by atoms with Gasteiger partial charge in [-0.15, -0.1) is 0 Å². The Morgan fingerprint density at radius 3 is 2.19 bits per heavy atom. The predicted molar refractivity (Wildman–Crippen MR) is 79.8 cm³/mol. The van der Waals surface area contributed by atoms with E-state index in [4.69, 9.17) is 4.74 Å². The van der Waals surface area contributed by atoms with Crippen LogP contribution in [0.15, 0.2) is 0 Å². The second-order valence-electron chi connectivity index (χ2n) is 7.67. The molecule has 0 aromatic rings. The predicted octanol–water partition coefficient (Wildman–Crippen LogP) is 1.52. The summed E-state index contributed by atoms with van der Waals surface area (Å²) in [5.74, 6) is -0.176. The van der Waals surface area contributed by atoms with Crippen molar-refractivity contribution in [2.45, 2.75) is 65.7 Å². The highest BCUT2D eigenvalue weighted by atomic mass is 16.6. The van der Waals surface area contributed by atoms with E-state index in [1.54, 1.807) is 25.7 Å². The molecule has 1 saturated heterocycles. The van der Waals surface area contributed by atoms with Gasteiger partial charge in [0.05, 0.1) is 6.10 Å². The maximum Gasteiger partial charge on any atom is 0.408 e. The molecular weight excluding hydrogens is 272 g/mol. The minimum atomic E-state index is -0.683. The molecule has 21 heavy (non-hydrogen) atoms. The lowest BCUT2D eigenvalue weighted by molar-refractivity contribution is -0.135. The summed E-state index contributed by atoms with van der Waals surface area (Å²) in [6.45, 7) is 11.8. The molecular formula is C15H28N2O4. The standard InChI is InChI=1S/C15H28N2O4/c1-14(2,3)11(16-13(20)21-15(4,5)6)12(19)17-8-7-10(18)9-17/h10-11,18H,7-9H2,1-6H3,(H,16,20)/t10-,11+/m0/s1. The molecule has 6 nitrogen and oxygen atoms in total. The summed E-state index contributed by atoms with van der Waals surface area (Å²) in [4.78, 5) is 26.1. The molecule has 2 atom stereocenters. The Bertz CT molecular complexity index is 395. The maximum atomic E-state index is 12.6. The number of carbonyl (C=O) groups excluding carboxylic acids is 2. The third-order valence-corrected chi connectivity index (χ3v) is 3.25. The van der Waals surface area contributed by atoms with Gasteiger partial charge in [0.1, 0.15) is 11.6 Å². The number of β-amino-alcohol motifs (C(OH)–C–C–N with tert-alkyl or cyclic N) is 1. The quantitative estimate of drug-likeness (QED) is 0.810. The normalized spacial score (nSPS) is 21.1. The van der Waals surface area contributed by atoms with Gasteiger partial charge in [0.25, 0.3) is 0 Å². The minimum absolute atomic E-state index is 0.176. The lowest BCUT2D eigenvalue weighted by atomic mass is 9.86. The zero-order valence-electron chi connectivity index (χ0n) is 13.9. The van der Waals surface area contributed by atoms with Crippen LogP contribution < -0.4 is 5.32 Å². The Hall–Kier alpha value is -1.30. The molecule has 0 radical (unpaired) electrons. The molecule has 1 rings (SSSR count). The molecule has 0 aromatic carbocycles. The van der Waals surface area contributed by atoms with E-state index in [2.05, 4.69) is 5.32 Å². The van der Waals surface area contributed by atoms with Gasteiger partial charge in [-0.1, -0.05) is 20.8 Å². The van der Waals surface area contributed by atoms with Crippen LogP contribution >= 0.6 is 0 Å². The summed E-state index contributed by atoms with van der Waals surface area (Å²) in [7, 11) is 0. The van der Waals surface area contributed by atoms with E-state index in [9.17, 15) is 14.7 Å². The van der Waals surface area contributed by atoms with Gasteiger partial charge < -0.3 is 20.1 Å². The molecule has 0 spiro atoms. The van der Waals surface area contributed by atoms with Crippen molar-refractivity contribution in [3.63, 3.8) is 0 Å². The molecule has 0 saturated carbocycles. The number of rotatable bonds is 2.